The first-order valence-corrected chi connectivity index (χ1v) is 6.33. The Morgan fingerprint density at radius 3 is 2.44 bits per heavy atom. The molecule has 3 heteroatoms. The number of nitrogens with one attached hydrogen (secondary N) is 1. The minimum atomic E-state index is 0.0267. The first kappa shape index (κ1) is 12.9. The smallest absolute Gasteiger partial charge is 0.130 e. The Morgan fingerprint density at radius 1 is 1.06 bits per heavy atom. The summed E-state index contributed by atoms with van der Waals surface area (Å²) in [6.45, 7) is 6.45. The highest BCUT2D eigenvalue weighted by Gasteiger charge is 2.18. The van der Waals surface area contributed by atoms with Gasteiger partial charge in [0.05, 0.1) is 10.7 Å². The SMILES string of the molecule is CC(C)(C)c1cccc(Nc2ccccn2)c1Cl. The van der Waals surface area contributed by atoms with Gasteiger partial charge in [0.2, 0.25) is 0 Å². The molecule has 0 unspecified atom stereocenters. The second-order valence-corrected chi connectivity index (χ2v) is 5.64. The highest BCUT2D eigenvalue weighted by Crippen LogP contribution is 2.35. The van der Waals surface area contributed by atoms with Gasteiger partial charge in [-0.25, -0.2) is 4.98 Å². The molecule has 0 aliphatic rings. The number of nitrogens with zero attached hydrogens (tertiary/aromatic N) is 1. The highest BCUT2D eigenvalue weighted by molar-refractivity contribution is 6.34. The standard InChI is InChI=1S/C15H17ClN2/c1-15(2,3)11-7-6-8-12(14(11)16)18-13-9-4-5-10-17-13/h4-10H,1-3H3,(H,17,18). The summed E-state index contributed by atoms with van der Waals surface area (Å²) in [5, 5.41) is 4.00. The number of hydrogen-bond donors (Lipinski definition) is 1. The van der Waals surface area contributed by atoms with Crippen LogP contribution in [0.25, 0.3) is 0 Å². The summed E-state index contributed by atoms with van der Waals surface area (Å²) in [6.07, 6.45) is 1.75. The number of halogens is 1. The summed E-state index contributed by atoms with van der Waals surface area (Å²) in [5.41, 5.74) is 2.05. The summed E-state index contributed by atoms with van der Waals surface area (Å²) >= 11 is 6.45. The normalized spacial score (nSPS) is 11.3. The zero-order valence-corrected chi connectivity index (χ0v) is 11.6. The van der Waals surface area contributed by atoms with E-state index in [-0.39, 0.29) is 5.41 Å². The second-order valence-electron chi connectivity index (χ2n) is 5.26. The van der Waals surface area contributed by atoms with Crippen LogP contribution < -0.4 is 5.32 Å². The number of benzene rings is 1. The van der Waals surface area contributed by atoms with Crippen molar-refractivity contribution in [2.75, 3.05) is 5.32 Å². The van der Waals surface area contributed by atoms with E-state index in [4.69, 9.17) is 11.6 Å². The van der Waals surface area contributed by atoms with Gasteiger partial charge in [-0.15, -0.1) is 0 Å². The third-order valence-corrected chi connectivity index (χ3v) is 3.14. The lowest BCUT2D eigenvalue weighted by Crippen LogP contribution is -2.12. The van der Waals surface area contributed by atoms with Gasteiger partial charge in [-0.05, 0) is 29.2 Å². The minimum Gasteiger partial charge on any atom is -0.339 e. The Labute approximate surface area is 113 Å². The maximum atomic E-state index is 6.45. The first-order chi connectivity index (χ1) is 8.48. The van der Waals surface area contributed by atoms with E-state index in [0.29, 0.717) is 0 Å². The van der Waals surface area contributed by atoms with E-state index >= 15 is 0 Å². The van der Waals surface area contributed by atoms with Crippen LogP contribution in [0.5, 0.6) is 0 Å². The van der Waals surface area contributed by atoms with Crippen LogP contribution in [-0.2, 0) is 5.41 Å². The lowest BCUT2D eigenvalue weighted by molar-refractivity contribution is 0.591. The fraction of sp³-hybridized carbons (Fsp3) is 0.267. The lowest BCUT2D eigenvalue weighted by atomic mass is 9.87. The molecule has 0 aliphatic heterocycles. The van der Waals surface area contributed by atoms with E-state index in [1.807, 2.05) is 30.3 Å². The Balaban J connectivity index is 2.36. The van der Waals surface area contributed by atoms with Crippen molar-refractivity contribution in [2.45, 2.75) is 26.2 Å². The van der Waals surface area contributed by atoms with Crippen molar-refractivity contribution >= 4 is 23.1 Å². The van der Waals surface area contributed by atoms with E-state index in [2.05, 4.69) is 37.1 Å². The summed E-state index contributed by atoms with van der Waals surface area (Å²) in [5.74, 6) is 0.797. The molecule has 0 aliphatic carbocycles. The third kappa shape index (κ3) is 2.82. The molecule has 0 amide bonds. The molecular formula is C15H17ClN2. The van der Waals surface area contributed by atoms with Crippen LogP contribution in [-0.4, -0.2) is 4.98 Å². The number of aromatic nitrogens is 1. The molecule has 2 nitrogen and oxygen atoms in total. The molecule has 0 fully saturated rings. The van der Waals surface area contributed by atoms with E-state index in [9.17, 15) is 0 Å². The van der Waals surface area contributed by atoms with Gasteiger partial charge in [0.25, 0.3) is 0 Å². The highest BCUT2D eigenvalue weighted by atomic mass is 35.5. The van der Waals surface area contributed by atoms with Crippen LogP contribution in [0.2, 0.25) is 5.02 Å². The second kappa shape index (κ2) is 4.99. The van der Waals surface area contributed by atoms with Crippen molar-refractivity contribution < 1.29 is 0 Å². The maximum Gasteiger partial charge on any atom is 0.130 e. The number of anilines is 2. The molecule has 1 aromatic heterocycles. The molecule has 2 rings (SSSR count). The van der Waals surface area contributed by atoms with Crippen LogP contribution in [0.15, 0.2) is 42.6 Å². The Kier molecular flexibility index (Phi) is 3.58. The van der Waals surface area contributed by atoms with Gasteiger partial charge >= 0.3 is 0 Å². The molecule has 18 heavy (non-hydrogen) atoms. The van der Waals surface area contributed by atoms with E-state index in [1.54, 1.807) is 6.20 Å². The predicted octanol–water partition coefficient (Wildman–Crippen LogP) is 4.78. The molecule has 1 heterocycles. The van der Waals surface area contributed by atoms with Crippen molar-refractivity contribution in [3.63, 3.8) is 0 Å². The van der Waals surface area contributed by atoms with Crippen molar-refractivity contribution in [3.8, 4) is 0 Å². The van der Waals surface area contributed by atoms with Gasteiger partial charge < -0.3 is 5.32 Å². The number of pyridine rings is 1. The van der Waals surface area contributed by atoms with Crippen molar-refractivity contribution in [1.29, 1.82) is 0 Å². The molecule has 2 aromatic rings. The largest absolute Gasteiger partial charge is 0.339 e. The van der Waals surface area contributed by atoms with Crippen LogP contribution in [0.3, 0.4) is 0 Å². The monoisotopic (exact) mass is 260 g/mol. The average molecular weight is 261 g/mol. The Hall–Kier alpha value is -1.54. The zero-order chi connectivity index (χ0) is 13.2. The molecule has 0 saturated heterocycles. The van der Waals surface area contributed by atoms with E-state index < -0.39 is 0 Å². The van der Waals surface area contributed by atoms with Gasteiger partial charge in [0, 0.05) is 6.20 Å². The van der Waals surface area contributed by atoms with Crippen LogP contribution in [0, 0.1) is 0 Å². The Bertz CT molecular complexity index is 530. The average Bonchev–Trinajstić information content (AvgIpc) is 2.32. The molecule has 1 aromatic carbocycles. The number of rotatable bonds is 2. The fourth-order valence-electron chi connectivity index (χ4n) is 1.78. The summed E-state index contributed by atoms with van der Waals surface area (Å²) in [7, 11) is 0. The van der Waals surface area contributed by atoms with E-state index in [0.717, 1.165) is 22.1 Å². The maximum absolute atomic E-state index is 6.45. The summed E-state index contributed by atoms with van der Waals surface area (Å²) in [6, 6.07) is 11.8. The topological polar surface area (TPSA) is 24.9 Å². The van der Waals surface area contributed by atoms with Crippen molar-refractivity contribution in [1.82, 2.24) is 4.98 Å². The van der Waals surface area contributed by atoms with Gasteiger partial charge in [-0.2, -0.15) is 0 Å². The molecule has 1 N–H and O–H groups in total. The Morgan fingerprint density at radius 2 is 1.83 bits per heavy atom. The van der Waals surface area contributed by atoms with Gasteiger partial charge in [0.15, 0.2) is 0 Å². The van der Waals surface area contributed by atoms with Crippen molar-refractivity contribution in [2.24, 2.45) is 0 Å². The van der Waals surface area contributed by atoms with Gasteiger partial charge in [-0.1, -0.05) is 50.6 Å². The van der Waals surface area contributed by atoms with Gasteiger partial charge in [-0.3, -0.25) is 0 Å². The summed E-state index contributed by atoms with van der Waals surface area (Å²) in [4.78, 5) is 4.24. The van der Waals surface area contributed by atoms with Gasteiger partial charge in [0.1, 0.15) is 5.82 Å². The third-order valence-electron chi connectivity index (χ3n) is 2.73. The molecule has 0 spiro atoms. The van der Waals surface area contributed by atoms with Crippen LogP contribution in [0.4, 0.5) is 11.5 Å². The molecule has 0 saturated carbocycles. The summed E-state index contributed by atoms with van der Waals surface area (Å²) < 4.78 is 0. The molecule has 94 valence electrons. The fourth-order valence-corrected chi connectivity index (χ4v) is 2.24. The first-order valence-electron chi connectivity index (χ1n) is 5.95. The van der Waals surface area contributed by atoms with E-state index in [1.165, 1.54) is 0 Å². The number of hydrogen-bond acceptors (Lipinski definition) is 2. The predicted molar refractivity (Wildman–Crippen MR) is 77.7 cm³/mol. The van der Waals surface area contributed by atoms with Crippen LogP contribution >= 0.6 is 11.6 Å². The quantitative estimate of drug-likeness (QED) is 0.841. The minimum absolute atomic E-state index is 0.0267. The van der Waals surface area contributed by atoms with Crippen LogP contribution in [0.1, 0.15) is 26.3 Å². The van der Waals surface area contributed by atoms with Crippen molar-refractivity contribution in [3.05, 3.63) is 53.2 Å². The molecular weight excluding hydrogens is 244 g/mol. The zero-order valence-electron chi connectivity index (χ0n) is 10.9. The molecule has 0 radical (unpaired) electrons. The molecule has 0 atom stereocenters. The molecule has 0 bridgehead atoms. The lowest BCUT2D eigenvalue weighted by Gasteiger charge is -2.22.